The molecule has 4 heteroatoms. The van der Waals surface area contributed by atoms with Gasteiger partial charge >= 0.3 is 0 Å². The Labute approximate surface area is 122 Å². The van der Waals surface area contributed by atoms with E-state index in [-0.39, 0.29) is 12.5 Å². The molecule has 100 valence electrons. The zero-order chi connectivity index (χ0) is 14.4. The van der Waals surface area contributed by atoms with Crippen LogP contribution in [0.15, 0.2) is 48.5 Å². The number of carbonyl (C=O) groups is 1. The fourth-order valence-electron chi connectivity index (χ4n) is 1.67. The molecule has 0 unspecified atom stereocenters. The molecule has 0 fully saturated rings. The number of aliphatic hydroxyl groups excluding tert-OH is 1. The number of hydrogen-bond donors (Lipinski definition) is 2. The molecule has 0 aliphatic heterocycles. The Morgan fingerprint density at radius 3 is 2.60 bits per heavy atom. The van der Waals surface area contributed by atoms with Crippen LogP contribution in [-0.2, 0) is 0 Å². The van der Waals surface area contributed by atoms with E-state index in [1.807, 2.05) is 6.07 Å². The highest BCUT2D eigenvalue weighted by atomic mass is 35.5. The molecule has 0 heterocycles. The van der Waals surface area contributed by atoms with Crippen molar-refractivity contribution in [2.24, 2.45) is 0 Å². The summed E-state index contributed by atoms with van der Waals surface area (Å²) < 4.78 is 0. The molecule has 1 amide bonds. The highest BCUT2D eigenvalue weighted by Gasteiger charge is 2.10. The fraction of sp³-hybridized carbons (Fsp3) is 0.0625. The lowest BCUT2D eigenvalue weighted by atomic mass is 10.1. The monoisotopic (exact) mass is 285 g/mol. The van der Waals surface area contributed by atoms with Gasteiger partial charge in [-0.25, -0.2) is 0 Å². The first-order chi connectivity index (χ1) is 9.72. The van der Waals surface area contributed by atoms with E-state index in [9.17, 15) is 4.79 Å². The molecule has 2 aromatic carbocycles. The topological polar surface area (TPSA) is 49.3 Å². The Morgan fingerprint density at radius 2 is 1.85 bits per heavy atom. The Balaban J connectivity index is 2.27. The van der Waals surface area contributed by atoms with E-state index in [1.165, 1.54) is 0 Å². The molecule has 0 bridgehead atoms. The highest BCUT2D eigenvalue weighted by Crippen LogP contribution is 2.19. The SMILES string of the molecule is O=C(Nc1ccccc1C#CCO)c1ccccc1Cl. The Kier molecular flexibility index (Phi) is 4.78. The van der Waals surface area contributed by atoms with E-state index in [0.29, 0.717) is 21.8 Å². The van der Waals surface area contributed by atoms with Crippen LogP contribution in [0.2, 0.25) is 5.02 Å². The van der Waals surface area contributed by atoms with Gasteiger partial charge in [0, 0.05) is 5.56 Å². The number of nitrogens with one attached hydrogen (secondary N) is 1. The van der Waals surface area contributed by atoms with Gasteiger partial charge in [0.25, 0.3) is 5.91 Å². The third-order valence-corrected chi connectivity index (χ3v) is 2.93. The van der Waals surface area contributed by atoms with Crippen molar-refractivity contribution in [1.29, 1.82) is 0 Å². The predicted molar refractivity (Wildman–Crippen MR) is 79.8 cm³/mol. The predicted octanol–water partition coefficient (Wildman–Crippen LogP) is 2.94. The van der Waals surface area contributed by atoms with Crippen LogP contribution in [0.3, 0.4) is 0 Å². The summed E-state index contributed by atoms with van der Waals surface area (Å²) >= 11 is 5.99. The minimum Gasteiger partial charge on any atom is -0.384 e. The van der Waals surface area contributed by atoms with Gasteiger partial charge in [-0.05, 0) is 24.3 Å². The molecular formula is C16H12ClNO2. The standard InChI is InChI=1S/C16H12ClNO2/c17-14-9-3-2-8-13(14)16(20)18-15-10-4-1-6-12(15)7-5-11-19/h1-4,6,8-10,19H,11H2,(H,18,20). The number of hydrogen-bond acceptors (Lipinski definition) is 2. The first-order valence-electron chi connectivity index (χ1n) is 5.97. The number of rotatable bonds is 2. The normalized spacial score (nSPS) is 9.50. The van der Waals surface area contributed by atoms with Crippen molar-refractivity contribution in [1.82, 2.24) is 0 Å². The molecule has 0 radical (unpaired) electrons. The van der Waals surface area contributed by atoms with Crippen LogP contribution in [-0.4, -0.2) is 17.6 Å². The van der Waals surface area contributed by atoms with Crippen LogP contribution in [0, 0.1) is 11.8 Å². The van der Waals surface area contributed by atoms with Crippen LogP contribution in [0.1, 0.15) is 15.9 Å². The number of carbonyl (C=O) groups excluding carboxylic acids is 1. The highest BCUT2D eigenvalue weighted by molar-refractivity contribution is 6.34. The minimum absolute atomic E-state index is 0.229. The lowest BCUT2D eigenvalue weighted by molar-refractivity contribution is 0.102. The maximum Gasteiger partial charge on any atom is 0.257 e. The van der Waals surface area contributed by atoms with Gasteiger partial charge in [-0.15, -0.1) is 0 Å². The Hall–Kier alpha value is -2.28. The van der Waals surface area contributed by atoms with Gasteiger partial charge in [0.05, 0.1) is 16.3 Å². The van der Waals surface area contributed by atoms with Crippen LogP contribution in [0.25, 0.3) is 0 Å². The van der Waals surface area contributed by atoms with E-state index in [0.717, 1.165) is 0 Å². The number of benzene rings is 2. The quantitative estimate of drug-likeness (QED) is 0.834. The Bertz CT molecular complexity index is 686. The summed E-state index contributed by atoms with van der Waals surface area (Å²) in [7, 11) is 0. The molecule has 2 rings (SSSR count). The van der Waals surface area contributed by atoms with Gasteiger partial charge in [0.1, 0.15) is 6.61 Å². The third kappa shape index (κ3) is 3.39. The third-order valence-electron chi connectivity index (χ3n) is 2.60. The van der Waals surface area contributed by atoms with E-state index < -0.39 is 0 Å². The van der Waals surface area contributed by atoms with Crippen molar-refractivity contribution in [2.75, 3.05) is 11.9 Å². The Morgan fingerprint density at radius 1 is 1.15 bits per heavy atom. The van der Waals surface area contributed by atoms with Gasteiger partial charge in [0.15, 0.2) is 0 Å². The van der Waals surface area contributed by atoms with E-state index in [1.54, 1.807) is 42.5 Å². The second-order valence-corrected chi connectivity index (χ2v) is 4.35. The lowest BCUT2D eigenvalue weighted by Crippen LogP contribution is -2.13. The molecule has 0 saturated heterocycles. The summed E-state index contributed by atoms with van der Waals surface area (Å²) in [5.74, 6) is 5.05. The molecule has 2 aromatic rings. The van der Waals surface area contributed by atoms with E-state index in [4.69, 9.17) is 16.7 Å². The van der Waals surface area contributed by atoms with Gasteiger partial charge in [-0.1, -0.05) is 47.7 Å². The number of anilines is 1. The molecule has 0 saturated carbocycles. The van der Waals surface area contributed by atoms with Crippen LogP contribution < -0.4 is 5.32 Å². The van der Waals surface area contributed by atoms with Crippen molar-refractivity contribution in [3.8, 4) is 11.8 Å². The first-order valence-corrected chi connectivity index (χ1v) is 6.35. The summed E-state index contributed by atoms with van der Waals surface area (Å²) in [6.07, 6.45) is 0. The molecule has 20 heavy (non-hydrogen) atoms. The molecule has 0 spiro atoms. The van der Waals surface area contributed by atoms with Crippen LogP contribution in [0.5, 0.6) is 0 Å². The van der Waals surface area contributed by atoms with Crippen molar-refractivity contribution in [3.05, 3.63) is 64.7 Å². The number of halogens is 1. The zero-order valence-corrected chi connectivity index (χ0v) is 11.3. The van der Waals surface area contributed by atoms with Crippen LogP contribution >= 0.6 is 11.6 Å². The lowest BCUT2D eigenvalue weighted by Gasteiger charge is -2.08. The van der Waals surface area contributed by atoms with E-state index in [2.05, 4.69) is 17.2 Å². The summed E-state index contributed by atoms with van der Waals surface area (Å²) in [6, 6.07) is 13.9. The van der Waals surface area contributed by atoms with Crippen molar-refractivity contribution in [2.45, 2.75) is 0 Å². The molecular weight excluding hydrogens is 274 g/mol. The molecule has 0 aliphatic carbocycles. The molecule has 0 atom stereocenters. The van der Waals surface area contributed by atoms with Crippen molar-refractivity contribution < 1.29 is 9.90 Å². The van der Waals surface area contributed by atoms with Gasteiger partial charge in [0.2, 0.25) is 0 Å². The molecule has 0 aliphatic rings. The minimum atomic E-state index is -0.297. The maximum atomic E-state index is 12.2. The van der Waals surface area contributed by atoms with E-state index >= 15 is 0 Å². The summed E-state index contributed by atoms with van der Waals surface area (Å²) in [5.41, 5.74) is 1.62. The number of aliphatic hydroxyl groups is 1. The van der Waals surface area contributed by atoms with Gasteiger partial charge in [-0.2, -0.15) is 0 Å². The second-order valence-electron chi connectivity index (χ2n) is 3.94. The van der Waals surface area contributed by atoms with Crippen molar-refractivity contribution in [3.63, 3.8) is 0 Å². The summed E-state index contributed by atoms with van der Waals surface area (Å²) in [6.45, 7) is -0.229. The molecule has 3 nitrogen and oxygen atoms in total. The average molecular weight is 286 g/mol. The molecule has 2 N–H and O–H groups in total. The molecule has 0 aromatic heterocycles. The fourth-order valence-corrected chi connectivity index (χ4v) is 1.89. The zero-order valence-electron chi connectivity index (χ0n) is 10.6. The number of para-hydroxylation sites is 1. The summed E-state index contributed by atoms with van der Waals surface area (Å²) in [5, 5.41) is 11.9. The first kappa shape index (κ1) is 14.1. The second kappa shape index (κ2) is 6.76. The largest absolute Gasteiger partial charge is 0.384 e. The maximum absolute atomic E-state index is 12.2. The van der Waals surface area contributed by atoms with Gasteiger partial charge < -0.3 is 10.4 Å². The average Bonchev–Trinajstić information content (AvgIpc) is 2.46. The van der Waals surface area contributed by atoms with Crippen molar-refractivity contribution >= 4 is 23.2 Å². The van der Waals surface area contributed by atoms with Gasteiger partial charge in [-0.3, -0.25) is 4.79 Å². The summed E-state index contributed by atoms with van der Waals surface area (Å²) in [4.78, 5) is 12.2. The van der Waals surface area contributed by atoms with Crippen LogP contribution in [0.4, 0.5) is 5.69 Å². The smallest absolute Gasteiger partial charge is 0.257 e. The number of amides is 1.